The lowest BCUT2D eigenvalue weighted by atomic mass is 9.99. The van der Waals surface area contributed by atoms with E-state index in [0.29, 0.717) is 10.6 Å². The molecule has 0 unspecified atom stereocenters. The molecule has 1 aromatic heterocycles. The number of amidine groups is 1. The number of thiol groups is 1. The normalized spacial score (nSPS) is 17.9. The first kappa shape index (κ1) is 10.8. The van der Waals surface area contributed by atoms with Gasteiger partial charge < -0.3 is 10.9 Å². The van der Waals surface area contributed by atoms with E-state index in [0.717, 1.165) is 18.4 Å². The van der Waals surface area contributed by atoms with E-state index in [1.807, 2.05) is 0 Å². The van der Waals surface area contributed by atoms with E-state index < -0.39 is 5.41 Å². The van der Waals surface area contributed by atoms with Gasteiger partial charge in [-0.25, -0.2) is 0 Å². The fourth-order valence-electron chi connectivity index (χ4n) is 1.55. The van der Waals surface area contributed by atoms with Gasteiger partial charge in [-0.05, 0) is 24.5 Å². The average molecular weight is 234 g/mol. The molecule has 0 amide bonds. The number of oxime groups is 1. The van der Waals surface area contributed by atoms with Crippen molar-refractivity contribution in [2.75, 3.05) is 0 Å². The van der Waals surface area contributed by atoms with E-state index in [1.54, 1.807) is 12.3 Å². The van der Waals surface area contributed by atoms with Gasteiger partial charge in [0.1, 0.15) is 5.69 Å². The van der Waals surface area contributed by atoms with Crippen molar-refractivity contribution in [1.29, 1.82) is 5.26 Å². The second kappa shape index (κ2) is 3.68. The molecule has 0 bridgehead atoms. The lowest BCUT2D eigenvalue weighted by Gasteiger charge is -2.08. The van der Waals surface area contributed by atoms with Crippen molar-refractivity contribution >= 4 is 18.5 Å². The van der Waals surface area contributed by atoms with Gasteiger partial charge in [0.2, 0.25) is 0 Å². The van der Waals surface area contributed by atoms with Crippen molar-refractivity contribution in [3.63, 3.8) is 0 Å². The summed E-state index contributed by atoms with van der Waals surface area (Å²) in [5, 5.41) is 20.4. The summed E-state index contributed by atoms with van der Waals surface area (Å²) >= 11 is 4.22. The van der Waals surface area contributed by atoms with Crippen LogP contribution < -0.4 is 5.73 Å². The Hall–Kier alpha value is -1.74. The molecule has 1 heterocycles. The quantitative estimate of drug-likeness (QED) is 0.234. The zero-order valence-corrected chi connectivity index (χ0v) is 9.28. The molecule has 0 spiro atoms. The van der Waals surface area contributed by atoms with Crippen molar-refractivity contribution in [2.24, 2.45) is 10.9 Å². The Morgan fingerprint density at radius 1 is 1.69 bits per heavy atom. The van der Waals surface area contributed by atoms with Gasteiger partial charge in [-0.1, -0.05) is 5.16 Å². The Labute approximate surface area is 98.0 Å². The number of nitrogens with zero attached hydrogens (tertiary/aromatic N) is 3. The van der Waals surface area contributed by atoms with Crippen molar-refractivity contribution < 1.29 is 5.21 Å². The standard InChI is InChI=1S/C10H10N4OS/c11-5-10(1-2-10)6-3-7(16)8(13-4-6)9(12)14-15/h3-4,15-16H,1-2H2,(H2,12,14). The van der Waals surface area contributed by atoms with E-state index in [2.05, 4.69) is 28.8 Å². The molecule has 0 radical (unpaired) electrons. The fraction of sp³-hybridized carbons (Fsp3) is 0.300. The van der Waals surface area contributed by atoms with Crippen LogP contribution in [0, 0.1) is 11.3 Å². The third-order valence-electron chi connectivity index (χ3n) is 2.73. The van der Waals surface area contributed by atoms with Crippen LogP contribution >= 0.6 is 12.6 Å². The molecule has 0 saturated heterocycles. The van der Waals surface area contributed by atoms with E-state index in [-0.39, 0.29) is 5.84 Å². The van der Waals surface area contributed by atoms with E-state index in [9.17, 15) is 0 Å². The summed E-state index contributed by atoms with van der Waals surface area (Å²) < 4.78 is 0. The van der Waals surface area contributed by atoms with Gasteiger partial charge in [-0.3, -0.25) is 4.98 Å². The number of nitrogens with two attached hydrogens (primary N) is 1. The lowest BCUT2D eigenvalue weighted by Crippen LogP contribution is -2.17. The van der Waals surface area contributed by atoms with Crippen LogP contribution in [0.2, 0.25) is 0 Å². The van der Waals surface area contributed by atoms with Gasteiger partial charge in [0.05, 0.1) is 11.5 Å². The van der Waals surface area contributed by atoms with Crippen LogP contribution in [0.3, 0.4) is 0 Å². The number of hydrogen-bond donors (Lipinski definition) is 3. The summed E-state index contributed by atoms with van der Waals surface area (Å²) in [7, 11) is 0. The summed E-state index contributed by atoms with van der Waals surface area (Å²) in [6.07, 6.45) is 3.28. The Bertz CT molecular complexity index is 502. The molecule has 0 aromatic carbocycles. The first-order valence-corrected chi connectivity index (χ1v) is 5.16. The molecule has 2 rings (SSSR count). The predicted molar refractivity (Wildman–Crippen MR) is 60.5 cm³/mol. The highest BCUT2D eigenvalue weighted by Crippen LogP contribution is 2.47. The molecule has 1 aliphatic carbocycles. The highest BCUT2D eigenvalue weighted by Gasteiger charge is 2.45. The molecule has 5 nitrogen and oxygen atoms in total. The molecule has 1 aliphatic rings. The molecule has 16 heavy (non-hydrogen) atoms. The number of aromatic nitrogens is 1. The summed E-state index contributed by atoms with van der Waals surface area (Å²) in [4.78, 5) is 4.57. The Morgan fingerprint density at radius 3 is 2.81 bits per heavy atom. The molecule has 6 heteroatoms. The maximum Gasteiger partial charge on any atom is 0.189 e. The third-order valence-corrected chi connectivity index (χ3v) is 3.08. The van der Waals surface area contributed by atoms with Crippen LogP contribution in [-0.4, -0.2) is 16.0 Å². The Kier molecular flexibility index (Phi) is 2.48. The van der Waals surface area contributed by atoms with Gasteiger partial charge in [0.15, 0.2) is 5.84 Å². The first-order valence-electron chi connectivity index (χ1n) is 4.71. The van der Waals surface area contributed by atoms with Gasteiger partial charge in [-0.15, -0.1) is 12.6 Å². The zero-order valence-electron chi connectivity index (χ0n) is 8.38. The first-order chi connectivity index (χ1) is 7.63. The van der Waals surface area contributed by atoms with E-state index in [1.165, 1.54) is 0 Å². The SMILES string of the molecule is N#CC1(c2cnc(/C(N)=N/O)c(S)c2)CC1. The van der Waals surface area contributed by atoms with Crippen LogP contribution in [0.5, 0.6) is 0 Å². The predicted octanol–water partition coefficient (Wildman–Crippen LogP) is 1.02. The van der Waals surface area contributed by atoms with Crippen LogP contribution in [0.1, 0.15) is 24.1 Å². The smallest absolute Gasteiger partial charge is 0.189 e. The summed E-state index contributed by atoms with van der Waals surface area (Å²) in [5.74, 6) is -0.0849. The van der Waals surface area contributed by atoms with Crippen LogP contribution in [0.25, 0.3) is 0 Å². The summed E-state index contributed by atoms with van der Waals surface area (Å²) in [6, 6.07) is 4.02. The minimum atomic E-state index is -0.395. The van der Waals surface area contributed by atoms with Crippen LogP contribution in [0.15, 0.2) is 22.3 Å². The second-order valence-electron chi connectivity index (χ2n) is 3.77. The fourth-order valence-corrected chi connectivity index (χ4v) is 1.86. The Morgan fingerprint density at radius 2 is 2.38 bits per heavy atom. The van der Waals surface area contributed by atoms with Gasteiger partial charge >= 0.3 is 0 Å². The second-order valence-corrected chi connectivity index (χ2v) is 4.25. The molecule has 1 saturated carbocycles. The maximum absolute atomic E-state index is 9.03. The van der Waals surface area contributed by atoms with Crippen molar-refractivity contribution in [3.05, 3.63) is 23.5 Å². The number of pyridine rings is 1. The molecule has 3 N–H and O–H groups in total. The maximum atomic E-state index is 9.03. The van der Waals surface area contributed by atoms with Gasteiger partial charge in [0, 0.05) is 11.1 Å². The van der Waals surface area contributed by atoms with E-state index >= 15 is 0 Å². The monoisotopic (exact) mass is 234 g/mol. The molecular formula is C10H10N4OS. The highest BCUT2D eigenvalue weighted by atomic mass is 32.1. The summed E-state index contributed by atoms with van der Waals surface area (Å²) in [5.41, 5.74) is 6.20. The molecule has 0 aliphatic heterocycles. The van der Waals surface area contributed by atoms with Crippen LogP contribution in [0.4, 0.5) is 0 Å². The number of rotatable bonds is 2. The molecule has 0 atom stereocenters. The number of nitriles is 1. The van der Waals surface area contributed by atoms with E-state index in [4.69, 9.17) is 16.2 Å². The average Bonchev–Trinajstić information content (AvgIpc) is 3.09. The van der Waals surface area contributed by atoms with Gasteiger partial charge in [0.25, 0.3) is 0 Å². The van der Waals surface area contributed by atoms with Gasteiger partial charge in [-0.2, -0.15) is 5.26 Å². The van der Waals surface area contributed by atoms with Crippen LogP contribution in [-0.2, 0) is 5.41 Å². The van der Waals surface area contributed by atoms with Crippen molar-refractivity contribution in [1.82, 2.24) is 4.98 Å². The number of hydrogen-bond acceptors (Lipinski definition) is 5. The summed E-state index contributed by atoms with van der Waals surface area (Å²) in [6.45, 7) is 0. The molecule has 1 aromatic rings. The third kappa shape index (κ3) is 1.59. The minimum Gasteiger partial charge on any atom is -0.409 e. The molecule has 1 fully saturated rings. The lowest BCUT2D eigenvalue weighted by molar-refractivity contribution is 0.318. The molecular weight excluding hydrogens is 224 g/mol. The molecule has 82 valence electrons. The minimum absolute atomic E-state index is 0.0849. The largest absolute Gasteiger partial charge is 0.409 e. The highest BCUT2D eigenvalue weighted by molar-refractivity contribution is 7.80. The zero-order chi connectivity index (χ0) is 11.8. The Balaban J connectivity index is 2.42. The van der Waals surface area contributed by atoms with Crippen molar-refractivity contribution in [3.8, 4) is 6.07 Å². The topological polar surface area (TPSA) is 95.3 Å². The van der Waals surface area contributed by atoms with Crippen molar-refractivity contribution in [2.45, 2.75) is 23.2 Å².